The first-order valence-corrected chi connectivity index (χ1v) is 5.68. The van der Waals surface area contributed by atoms with E-state index < -0.39 is 0 Å². The highest BCUT2D eigenvalue weighted by Crippen LogP contribution is 2.13. The molecule has 16 heavy (non-hydrogen) atoms. The Kier molecular flexibility index (Phi) is 3.51. The molecule has 1 fully saturated rings. The number of nitrogens with one attached hydrogen (secondary N) is 2. The van der Waals surface area contributed by atoms with Crippen molar-refractivity contribution in [2.24, 2.45) is 5.92 Å². The van der Waals surface area contributed by atoms with Crippen LogP contribution >= 0.6 is 0 Å². The summed E-state index contributed by atoms with van der Waals surface area (Å²) in [5, 5.41) is 6.23. The van der Waals surface area contributed by atoms with E-state index in [1.807, 2.05) is 19.1 Å². The monoisotopic (exact) mass is 219 g/mol. The Morgan fingerprint density at radius 2 is 2.31 bits per heavy atom. The molecule has 0 saturated carbocycles. The largest absolute Gasteiger partial charge is 0.349 e. The van der Waals surface area contributed by atoms with Crippen molar-refractivity contribution >= 4 is 5.91 Å². The summed E-state index contributed by atoms with van der Waals surface area (Å²) in [4.78, 5) is 15.8. The molecule has 1 aliphatic heterocycles. The summed E-state index contributed by atoms with van der Waals surface area (Å²) in [5.74, 6) is 0.276. The third-order valence-electron chi connectivity index (χ3n) is 3.00. The summed E-state index contributed by atoms with van der Waals surface area (Å²) in [5.41, 5.74) is 1.09. The summed E-state index contributed by atoms with van der Waals surface area (Å²) in [6, 6.07) is 3.91. The van der Waals surface area contributed by atoms with Crippen LogP contribution in [0.5, 0.6) is 0 Å². The van der Waals surface area contributed by atoms with Crippen molar-refractivity contribution in [2.75, 3.05) is 13.1 Å². The first-order valence-electron chi connectivity index (χ1n) is 5.68. The van der Waals surface area contributed by atoms with E-state index in [0.29, 0.717) is 0 Å². The average molecular weight is 219 g/mol. The van der Waals surface area contributed by atoms with E-state index in [4.69, 9.17) is 0 Å². The van der Waals surface area contributed by atoms with Gasteiger partial charge in [-0.25, -0.2) is 0 Å². The molecule has 1 amide bonds. The molecule has 86 valence electrons. The van der Waals surface area contributed by atoms with Crippen molar-refractivity contribution in [2.45, 2.75) is 19.4 Å². The Morgan fingerprint density at radius 1 is 1.56 bits per heavy atom. The van der Waals surface area contributed by atoms with Crippen LogP contribution in [0.25, 0.3) is 0 Å². The molecular formula is C12H17N3O. The van der Waals surface area contributed by atoms with Crippen molar-refractivity contribution in [3.63, 3.8) is 0 Å². The Labute approximate surface area is 95.5 Å². The van der Waals surface area contributed by atoms with Crippen LogP contribution in [-0.2, 0) is 4.79 Å². The van der Waals surface area contributed by atoms with Crippen LogP contribution in [0.4, 0.5) is 0 Å². The highest BCUT2D eigenvalue weighted by Gasteiger charge is 2.23. The minimum atomic E-state index is 0.0519. The molecule has 1 aromatic rings. The predicted molar refractivity (Wildman–Crippen MR) is 61.8 cm³/mol. The lowest BCUT2D eigenvalue weighted by Crippen LogP contribution is -2.33. The fourth-order valence-electron chi connectivity index (χ4n) is 1.95. The second-order valence-electron chi connectivity index (χ2n) is 4.20. The molecular weight excluding hydrogens is 202 g/mol. The van der Waals surface area contributed by atoms with E-state index in [2.05, 4.69) is 15.6 Å². The number of rotatable bonds is 3. The summed E-state index contributed by atoms with van der Waals surface area (Å²) in [6.45, 7) is 3.74. The molecule has 2 heterocycles. The summed E-state index contributed by atoms with van der Waals surface area (Å²) < 4.78 is 0. The number of carbonyl (C=O) groups is 1. The molecule has 1 saturated heterocycles. The molecule has 0 aliphatic carbocycles. The van der Waals surface area contributed by atoms with Crippen molar-refractivity contribution in [1.82, 2.24) is 15.6 Å². The van der Waals surface area contributed by atoms with Gasteiger partial charge in [-0.05, 0) is 37.6 Å². The molecule has 0 radical (unpaired) electrons. The average Bonchev–Trinajstić information content (AvgIpc) is 2.83. The third-order valence-corrected chi connectivity index (χ3v) is 3.00. The summed E-state index contributed by atoms with van der Waals surface area (Å²) in [7, 11) is 0. The molecule has 2 rings (SSSR count). The second kappa shape index (κ2) is 5.07. The van der Waals surface area contributed by atoms with Gasteiger partial charge in [0.25, 0.3) is 0 Å². The standard InChI is InChI=1S/C12H17N3O/c1-9(10-2-5-13-6-3-10)15-12(16)11-4-7-14-8-11/h2-3,5-6,9,11,14H,4,7-8H2,1H3,(H,15,16). The SMILES string of the molecule is CC(NC(=O)C1CCNC1)c1ccncc1. The Bertz CT molecular complexity index is 347. The maximum absolute atomic E-state index is 11.9. The summed E-state index contributed by atoms with van der Waals surface area (Å²) in [6.07, 6.45) is 4.43. The van der Waals surface area contributed by atoms with Crippen LogP contribution in [0, 0.1) is 5.92 Å². The number of carbonyl (C=O) groups excluding carboxylic acids is 1. The van der Waals surface area contributed by atoms with Crippen molar-refractivity contribution in [3.05, 3.63) is 30.1 Å². The predicted octanol–water partition coefficient (Wildman–Crippen LogP) is 0.868. The molecule has 0 bridgehead atoms. The minimum Gasteiger partial charge on any atom is -0.349 e. The molecule has 1 aliphatic rings. The van der Waals surface area contributed by atoms with Gasteiger partial charge < -0.3 is 10.6 Å². The fraction of sp³-hybridized carbons (Fsp3) is 0.500. The molecule has 1 aromatic heterocycles. The van der Waals surface area contributed by atoms with Crippen molar-refractivity contribution in [3.8, 4) is 0 Å². The van der Waals surface area contributed by atoms with E-state index >= 15 is 0 Å². The van der Waals surface area contributed by atoms with Gasteiger partial charge in [0.1, 0.15) is 0 Å². The number of aromatic nitrogens is 1. The Morgan fingerprint density at radius 3 is 2.94 bits per heavy atom. The normalized spacial score (nSPS) is 21.7. The van der Waals surface area contributed by atoms with Gasteiger partial charge in [-0.3, -0.25) is 9.78 Å². The van der Waals surface area contributed by atoms with E-state index in [-0.39, 0.29) is 17.9 Å². The van der Waals surface area contributed by atoms with Crippen LogP contribution in [-0.4, -0.2) is 24.0 Å². The highest BCUT2D eigenvalue weighted by molar-refractivity contribution is 5.79. The zero-order valence-corrected chi connectivity index (χ0v) is 9.44. The van der Waals surface area contributed by atoms with Gasteiger partial charge in [-0.15, -0.1) is 0 Å². The lowest BCUT2D eigenvalue weighted by Gasteiger charge is -2.16. The minimum absolute atomic E-state index is 0.0519. The lowest BCUT2D eigenvalue weighted by atomic mass is 10.1. The van der Waals surface area contributed by atoms with Crippen molar-refractivity contribution < 1.29 is 4.79 Å². The van der Waals surface area contributed by atoms with E-state index in [1.54, 1.807) is 12.4 Å². The number of hydrogen-bond donors (Lipinski definition) is 2. The maximum atomic E-state index is 11.9. The van der Waals surface area contributed by atoms with Crippen LogP contribution in [0.15, 0.2) is 24.5 Å². The van der Waals surface area contributed by atoms with Crippen LogP contribution in [0.1, 0.15) is 24.9 Å². The molecule has 0 aromatic carbocycles. The van der Waals surface area contributed by atoms with Crippen LogP contribution in [0.2, 0.25) is 0 Å². The zero-order valence-electron chi connectivity index (χ0n) is 9.44. The molecule has 2 atom stereocenters. The fourth-order valence-corrected chi connectivity index (χ4v) is 1.95. The van der Waals surface area contributed by atoms with Gasteiger partial charge >= 0.3 is 0 Å². The Hall–Kier alpha value is -1.42. The number of pyridine rings is 1. The van der Waals surface area contributed by atoms with E-state index in [0.717, 1.165) is 25.1 Å². The first-order chi connectivity index (χ1) is 7.77. The van der Waals surface area contributed by atoms with Crippen molar-refractivity contribution in [1.29, 1.82) is 0 Å². The zero-order chi connectivity index (χ0) is 11.4. The van der Waals surface area contributed by atoms with Gasteiger partial charge in [-0.2, -0.15) is 0 Å². The summed E-state index contributed by atoms with van der Waals surface area (Å²) >= 11 is 0. The number of hydrogen-bond acceptors (Lipinski definition) is 3. The topological polar surface area (TPSA) is 54.0 Å². The lowest BCUT2D eigenvalue weighted by molar-refractivity contribution is -0.125. The third kappa shape index (κ3) is 2.58. The van der Waals surface area contributed by atoms with E-state index in [1.165, 1.54) is 0 Å². The first kappa shape index (κ1) is 11.1. The molecule has 2 unspecified atom stereocenters. The maximum Gasteiger partial charge on any atom is 0.224 e. The van der Waals surface area contributed by atoms with Gasteiger partial charge in [0.05, 0.1) is 12.0 Å². The molecule has 0 spiro atoms. The number of amides is 1. The van der Waals surface area contributed by atoms with Gasteiger partial charge in [-0.1, -0.05) is 0 Å². The van der Waals surface area contributed by atoms with Crippen LogP contribution < -0.4 is 10.6 Å². The highest BCUT2D eigenvalue weighted by atomic mass is 16.2. The second-order valence-corrected chi connectivity index (χ2v) is 4.20. The van der Waals surface area contributed by atoms with Gasteiger partial charge in [0.2, 0.25) is 5.91 Å². The smallest absolute Gasteiger partial charge is 0.224 e. The number of nitrogens with zero attached hydrogens (tertiary/aromatic N) is 1. The molecule has 2 N–H and O–H groups in total. The molecule has 4 heteroatoms. The van der Waals surface area contributed by atoms with Crippen LogP contribution in [0.3, 0.4) is 0 Å². The van der Waals surface area contributed by atoms with Gasteiger partial charge in [0, 0.05) is 18.9 Å². The van der Waals surface area contributed by atoms with Gasteiger partial charge in [0.15, 0.2) is 0 Å². The van der Waals surface area contributed by atoms with E-state index in [9.17, 15) is 4.79 Å². The Balaban J connectivity index is 1.92. The quantitative estimate of drug-likeness (QED) is 0.793. The molecule has 4 nitrogen and oxygen atoms in total.